The SMILES string of the molecule is CCCCCCCCCCCCCCOCC(COP(=O)([O-])OCC[N+](C)(C)C)OC(=O)CSSC1CC[C@@]2(C)C(=CC[C@H]3[C@@H]4CC[C@H]([C@H](C)CCCC(C)C)[C@@]4(C)CC[C@@H]32)C1. The number of rotatable bonds is 32. The van der Waals surface area contributed by atoms with Gasteiger partial charge < -0.3 is 27.9 Å². The lowest BCUT2D eigenvalue weighted by Gasteiger charge is -2.58. The van der Waals surface area contributed by atoms with Crippen molar-refractivity contribution in [3.63, 3.8) is 0 Å². The van der Waals surface area contributed by atoms with Crippen molar-refractivity contribution in [2.24, 2.45) is 46.3 Å². The number of phosphoric ester groups is 1. The van der Waals surface area contributed by atoms with E-state index in [4.69, 9.17) is 18.5 Å². The van der Waals surface area contributed by atoms with E-state index in [1.165, 1.54) is 128 Å². The molecule has 0 N–H and O–H groups in total. The van der Waals surface area contributed by atoms with Crippen LogP contribution in [0.3, 0.4) is 0 Å². The smallest absolute Gasteiger partial charge is 0.317 e. The largest absolute Gasteiger partial charge is 0.756 e. The van der Waals surface area contributed by atoms with Crippen molar-refractivity contribution in [3.8, 4) is 0 Å². The van der Waals surface area contributed by atoms with Crippen LogP contribution in [0, 0.1) is 46.3 Å². The number of carbonyl (C=O) groups is 1. The van der Waals surface area contributed by atoms with Crippen LogP contribution in [0.4, 0.5) is 0 Å². The summed E-state index contributed by atoms with van der Waals surface area (Å²) in [5.74, 6) is 4.88. The van der Waals surface area contributed by atoms with Crippen LogP contribution >= 0.6 is 29.4 Å². The second kappa shape index (κ2) is 27.1. The number of carbonyl (C=O) groups excluding carboxylic acids is 1. The molecule has 10 atom stereocenters. The first-order valence-corrected chi connectivity index (χ1v) is 29.5. The summed E-state index contributed by atoms with van der Waals surface area (Å²) in [4.78, 5) is 25.8. The summed E-state index contributed by atoms with van der Waals surface area (Å²) in [6, 6.07) is 0. The lowest BCUT2D eigenvalue weighted by Crippen LogP contribution is -2.50. The van der Waals surface area contributed by atoms with Crippen molar-refractivity contribution >= 4 is 35.4 Å². The monoisotopic (exact) mass is 928 g/mol. The number of fused-ring (bicyclic) bond motifs is 5. The third-order valence-corrected chi connectivity index (χ3v) is 19.5. The molecule has 0 spiro atoms. The zero-order valence-corrected chi connectivity index (χ0v) is 43.8. The van der Waals surface area contributed by atoms with Crippen LogP contribution in [0.25, 0.3) is 0 Å². The van der Waals surface area contributed by atoms with E-state index in [0.29, 0.717) is 33.7 Å². The third-order valence-electron chi connectivity index (χ3n) is 15.8. The van der Waals surface area contributed by atoms with Crippen LogP contribution in [0.15, 0.2) is 11.6 Å². The number of nitrogens with zero attached hydrogens (tertiary/aromatic N) is 1. The van der Waals surface area contributed by atoms with Crippen LogP contribution in [0.1, 0.15) is 189 Å². The molecule has 0 heterocycles. The number of likely N-dealkylation sites (N-methyl/N-ethyl adjacent to an activating group) is 1. The number of ether oxygens (including phenoxy) is 2. The molecule has 11 heteroatoms. The average molecular weight is 928 g/mol. The predicted molar refractivity (Wildman–Crippen MR) is 261 cm³/mol. The minimum absolute atomic E-state index is 0.0228. The highest BCUT2D eigenvalue weighted by Gasteiger charge is 2.59. The molecule has 0 aromatic heterocycles. The lowest BCUT2D eigenvalue weighted by molar-refractivity contribution is -0.870. The van der Waals surface area contributed by atoms with Gasteiger partial charge in [-0.3, -0.25) is 9.36 Å². The number of phosphoric acid groups is 1. The van der Waals surface area contributed by atoms with E-state index >= 15 is 0 Å². The highest BCUT2D eigenvalue weighted by atomic mass is 33.1. The average Bonchev–Trinajstić information content (AvgIpc) is 3.56. The molecule has 4 aliphatic carbocycles. The van der Waals surface area contributed by atoms with Crippen molar-refractivity contribution in [1.29, 1.82) is 0 Å². The van der Waals surface area contributed by atoms with E-state index in [1.807, 2.05) is 31.9 Å². The van der Waals surface area contributed by atoms with Gasteiger partial charge in [-0.25, -0.2) is 0 Å². The minimum Gasteiger partial charge on any atom is -0.756 e. The molecule has 3 fully saturated rings. The van der Waals surface area contributed by atoms with E-state index < -0.39 is 13.9 Å². The fourth-order valence-corrected chi connectivity index (χ4v) is 15.3. The first-order valence-electron chi connectivity index (χ1n) is 25.6. The van der Waals surface area contributed by atoms with Gasteiger partial charge in [0.05, 0.1) is 34.4 Å². The molecule has 8 nitrogen and oxygen atoms in total. The molecule has 3 unspecified atom stereocenters. The summed E-state index contributed by atoms with van der Waals surface area (Å²) in [5.41, 5.74) is 2.50. The maximum absolute atomic E-state index is 13.2. The van der Waals surface area contributed by atoms with E-state index in [2.05, 4.69) is 47.6 Å². The standard InChI is InChI=1S/C51H94NO7PS2/c1-10-11-12-13-14-15-16-17-18-19-20-21-34-56-37-43(38-58-60(54,55)57-35-33-52(7,8)9)59-49(53)39-61-62-44-29-31-50(5)42(36-44)25-26-45-47-28-27-46(41(4)24-22-23-40(2)3)51(47,6)32-30-48(45)50/h25,40-41,43-48H,10-24,26-39H2,1-9H3/t41-,43?,44?,45+,46-,47+,48+,50+,51-/m1/s1. The van der Waals surface area contributed by atoms with Gasteiger partial charge in [0.25, 0.3) is 7.82 Å². The van der Waals surface area contributed by atoms with Gasteiger partial charge in [0, 0.05) is 11.9 Å². The van der Waals surface area contributed by atoms with Crippen LogP contribution < -0.4 is 4.89 Å². The molecule has 0 aromatic carbocycles. The first kappa shape index (κ1) is 54.5. The van der Waals surface area contributed by atoms with Crippen LogP contribution in [0.2, 0.25) is 0 Å². The fraction of sp³-hybridized carbons (Fsp3) is 0.941. The van der Waals surface area contributed by atoms with Crippen molar-refractivity contribution in [1.82, 2.24) is 0 Å². The molecule has 62 heavy (non-hydrogen) atoms. The minimum atomic E-state index is -4.56. The number of allylic oxidation sites excluding steroid dienone is 2. The quantitative estimate of drug-likeness (QED) is 0.0163. The zero-order chi connectivity index (χ0) is 45.2. The predicted octanol–water partition coefficient (Wildman–Crippen LogP) is 13.6. The normalized spacial score (nSPS) is 29.3. The highest BCUT2D eigenvalue weighted by Crippen LogP contribution is 2.67. The molecule has 0 bridgehead atoms. The van der Waals surface area contributed by atoms with E-state index in [-0.39, 0.29) is 31.5 Å². The molecular formula is C51H94NO7PS2. The first-order chi connectivity index (χ1) is 29.5. The molecule has 362 valence electrons. The Hall–Kier alpha value is -0.0600. The summed E-state index contributed by atoms with van der Waals surface area (Å²) in [7, 11) is 4.75. The van der Waals surface area contributed by atoms with Crippen LogP contribution in [-0.2, 0) is 27.9 Å². The molecule has 0 aliphatic heterocycles. The Balaban J connectivity index is 1.20. The number of hydrogen-bond donors (Lipinski definition) is 0. The Labute approximate surface area is 389 Å². The second-order valence-electron chi connectivity index (χ2n) is 22.2. The van der Waals surface area contributed by atoms with Crippen molar-refractivity contribution in [2.75, 3.05) is 59.9 Å². The third kappa shape index (κ3) is 17.9. The number of unbranched alkanes of at least 4 members (excludes halogenated alkanes) is 11. The Morgan fingerprint density at radius 3 is 2.18 bits per heavy atom. The summed E-state index contributed by atoms with van der Waals surface area (Å²) >= 11 is 0. The van der Waals surface area contributed by atoms with Gasteiger partial charge in [0.15, 0.2) is 0 Å². The highest BCUT2D eigenvalue weighted by molar-refractivity contribution is 8.77. The fourth-order valence-electron chi connectivity index (χ4n) is 12.1. The van der Waals surface area contributed by atoms with Gasteiger partial charge in [0.1, 0.15) is 25.0 Å². The summed E-state index contributed by atoms with van der Waals surface area (Å²) in [5, 5.41) is 0.480. The van der Waals surface area contributed by atoms with Crippen molar-refractivity contribution in [2.45, 2.75) is 201 Å². The van der Waals surface area contributed by atoms with E-state index in [9.17, 15) is 14.3 Å². The topological polar surface area (TPSA) is 94.1 Å². The maximum Gasteiger partial charge on any atom is 0.317 e. The van der Waals surface area contributed by atoms with Crippen molar-refractivity contribution < 1.29 is 37.3 Å². The summed E-state index contributed by atoms with van der Waals surface area (Å²) in [6.07, 6.45) is 31.6. The van der Waals surface area contributed by atoms with Gasteiger partial charge in [0.2, 0.25) is 0 Å². The Morgan fingerprint density at radius 1 is 0.839 bits per heavy atom. The van der Waals surface area contributed by atoms with Gasteiger partial charge in [-0.15, -0.1) is 0 Å². The van der Waals surface area contributed by atoms with Gasteiger partial charge >= 0.3 is 5.97 Å². The van der Waals surface area contributed by atoms with E-state index in [0.717, 1.165) is 54.8 Å². The molecule has 0 amide bonds. The van der Waals surface area contributed by atoms with E-state index in [1.54, 1.807) is 16.4 Å². The number of hydrogen-bond acceptors (Lipinski definition) is 9. The number of quaternary nitrogens is 1. The van der Waals surface area contributed by atoms with Crippen molar-refractivity contribution in [3.05, 3.63) is 11.6 Å². The van der Waals surface area contributed by atoms with Gasteiger partial charge in [-0.1, -0.05) is 165 Å². The second-order valence-corrected chi connectivity index (χ2v) is 26.3. The molecule has 0 radical (unpaired) electrons. The Kier molecular flexibility index (Phi) is 23.8. The molecular weight excluding hydrogens is 834 g/mol. The van der Waals surface area contributed by atoms with Crippen LogP contribution in [-0.4, -0.2) is 81.7 Å². The van der Waals surface area contributed by atoms with Gasteiger partial charge in [-0.2, -0.15) is 0 Å². The molecule has 3 saturated carbocycles. The Morgan fingerprint density at radius 2 is 1.52 bits per heavy atom. The lowest BCUT2D eigenvalue weighted by atomic mass is 9.47. The molecule has 0 saturated heterocycles. The molecule has 4 rings (SSSR count). The zero-order valence-electron chi connectivity index (χ0n) is 41.3. The van der Waals surface area contributed by atoms with Gasteiger partial charge in [-0.05, 0) is 104 Å². The Bertz CT molecular complexity index is 1380. The molecule has 0 aromatic rings. The maximum atomic E-state index is 13.2. The van der Waals surface area contributed by atoms with Crippen LogP contribution in [0.5, 0.6) is 0 Å². The molecule has 4 aliphatic rings. The summed E-state index contributed by atoms with van der Waals surface area (Å²) in [6.45, 7) is 15.7. The summed E-state index contributed by atoms with van der Waals surface area (Å²) < 4.78 is 35.2. The number of esters is 1.